The van der Waals surface area contributed by atoms with Crippen molar-refractivity contribution in [2.24, 2.45) is 0 Å². The van der Waals surface area contributed by atoms with Gasteiger partial charge < -0.3 is 14.8 Å². The van der Waals surface area contributed by atoms with Crippen LogP contribution in [0.4, 0.5) is 0 Å². The average Bonchev–Trinajstić information content (AvgIpc) is 3.14. The molecule has 5 nitrogen and oxygen atoms in total. The van der Waals surface area contributed by atoms with Crippen LogP contribution >= 0.6 is 0 Å². The topological polar surface area (TPSA) is 65.6 Å². The second-order valence-electron chi connectivity index (χ2n) is 7.06. The molecule has 1 fully saturated rings. The number of carbonyl (C=O) groups excluding carboxylic acids is 1. The maximum atomic E-state index is 13.2. The highest BCUT2D eigenvalue weighted by Gasteiger charge is 2.34. The molecule has 1 aliphatic rings. The summed E-state index contributed by atoms with van der Waals surface area (Å²) in [5, 5.41) is 12.0. The fourth-order valence-electron chi connectivity index (χ4n) is 3.79. The van der Waals surface area contributed by atoms with Crippen molar-refractivity contribution in [2.45, 2.75) is 19.1 Å². The molecule has 1 aliphatic heterocycles. The van der Waals surface area contributed by atoms with E-state index in [2.05, 4.69) is 9.88 Å². The van der Waals surface area contributed by atoms with Gasteiger partial charge in [0.05, 0.1) is 19.3 Å². The van der Waals surface area contributed by atoms with Crippen molar-refractivity contribution in [1.82, 2.24) is 9.88 Å². The normalized spacial score (nSPS) is 17.7. The van der Waals surface area contributed by atoms with Crippen LogP contribution < -0.4 is 0 Å². The molecular formula is C22H24N2O3. The highest BCUT2D eigenvalue weighted by molar-refractivity contribution is 6.10. The van der Waals surface area contributed by atoms with Gasteiger partial charge >= 0.3 is 0 Å². The largest absolute Gasteiger partial charge is 0.383 e. The summed E-state index contributed by atoms with van der Waals surface area (Å²) in [5.41, 5.74) is 3.52. The van der Waals surface area contributed by atoms with Crippen LogP contribution in [0.1, 0.15) is 27.5 Å². The number of benzene rings is 2. The zero-order valence-corrected chi connectivity index (χ0v) is 15.4. The van der Waals surface area contributed by atoms with Gasteiger partial charge in [-0.25, -0.2) is 0 Å². The number of nitrogens with zero attached hydrogens (tertiary/aromatic N) is 1. The first-order valence-electron chi connectivity index (χ1n) is 9.32. The summed E-state index contributed by atoms with van der Waals surface area (Å²) in [7, 11) is 0. The quantitative estimate of drug-likeness (QED) is 0.683. The first kappa shape index (κ1) is 17.9. The number of Topliss-reactive ketones (excluding diaryl/α,β-unsaturated/α-hetero) is 1. The van der Waals surface area contributed by atoms with Crippen molar-refractivity contribution < 1.29 is 14.6 Å². The monoisotopic (exact) mass is 364 g/mol. The Balaban J connectivity index is 1.69. The van der Waals surface area contributed by atoms with Crippen molar-refractivity contribution >= 4 is 16.7 Å². The molecule has 2 atom stereocenters. The number of nitrogens with one attached hydrogen (secondary N) is 1. The third-order valence-corrected chi connectivity index (χ3v) is 5.28. The van der Waals surface area contributed by atoms with E-state index in [1.807, 2.05) is 55.5 Å². The number of aliphatic hydroxyl groups excluding tert-OH is 1. The van der Waals surface area contributed by atoms with E-state index in [1.54, 1.807) is 6.20 Å². The number of aliphatic hydroxyl groups is 1. The minimum absolute atomic E-state index is 0.260. The molecule has 0 radical (unpaired) electrons. The number of rotatable bonds is 5. The number of aryl methyl sites for hydroxylation is 1. The second-order valence-corrected chi connectivity index (χ2v) is 7.06. The molecule has 4 rings (SSSR count). The molecule has 0 bridgehead atoms. The lowest BCUT2D eigenvalue weighted by atomic mass is 9.92. The predicted octanol–water partition coefficient (Wildman–Crippen LogP) is 3.09. The van der Waals surface area contributed by atoms with Gasteiger partial charge in [0.15, 0.2) is 5.78 Å². The molecule has 0 amide bonds. The summed E-state index contributed by atoms with van der Waals surface area (Å²) in [6.07, 6.45) is 0.548. The first-order chi connectivity index (χ1) is 13.1. The van der Waals surface area contributed by atoms with E-state index in [9.17, 15) is 9.90 Å². The Kier molecular flexibility index (Phi) is 5.07. The number of ketones is 1. The van der Waals surface area contributed by atoms with E-state index >= 15 is 0 Å². The van der Waals surface area contributed by atoms with Gasteiger partial charge in [0.1, 0.15) is 6.10 Å². The minimum Gasteiger partial charge on any atom is -0.383 e. The number of ether oxygens (including phenoxy) is 1. The van der Waals surface area contributed by atoms with Gasteiger partial charge in [0, 0.05) is 35.8 Å². The molecule has 1 saturated heterocycles. The van der Waals surface area contributed by atoms with Crippen molar-refractivity contribution in [3.63, 3.8) is 0 Å². The molecule has 2 N–H and O–H groups in total. The van der Waals surface area contributed by atoms with Crippen LogP contribution in [0.5, 0.6) is 0 Å². The Bertz CT molecular complexity index is 926. The van der Waals surface area contributed by atoms with Crippen LogP contribution in [0.2, 0.25) is 0 Å². The lowest BCUT2D eigenvalue weighted by Gasteiger charge is -2.37. The SMILES string of the molecule is Cc1ccc([C@@H]([C@H](O)C(=O)c2c[nH]c3ccccc23)N2CCOCC2)cc1. The molecule has 2 heterocycles. The Morgan fingerprint density at radius 3 is 2.56 bits per heavy atom. The number of para-hydroxylation sites is 1. The van der Waals surface area contributed by atoms with Crippen LogP contribution in [-0.4, -0.2) is 53.2 Å². The smallest absolute Gasteiger partial charge is 0.195 e. The third-order valence-electron chi connectivity index (χ3n) is 5.28. The van der Waals surface area contributed by atoms with Crippen LogP contribution in [0.15, 0.2) is 54.7 Å². The van der Waals surface area contributed by atoms with Gasteiger partial charge in [0.25, 0.3) is 0 Å². The standard InChI is InChI=1S/C22H24N2O3/c1-15-6-8-16(9-7-15)20(24-10-12-27-13-11-24)22(26)21(25)18-14-23-19-5-3-2-4-17(18)19/h2-9,14,20,22-23,26H,10-13H2,1H3/t20-,22-/m0/s1. The lowest BCUT2D eigenvalue weighted by molar-refractivity contribution is -0.0172. The van der Waals surface area contributed by atoms with Gasteiger partial charge in [0.2, 0.25) is 0 Å². The zero-order valence-electron chi connectivity index (χ0n) is 15.4. The molecule has 0 aliphatic carbocycles. The van der Waals surface area contributed by atoms with Crippen LogP contribution in [0, 0.1) is 6.92 Å². The summed E-state index contributed by atoms with van der Waals surface area (Å²) < 4.78 is 5.46. The molecule has 5 heteroatoms. The number of carbonyl (C=O) groups is 1. The Hall–Kier alpha value is -2.47. The number of hydrogen-bond donors (Lipinski definition) is 2. The average molecular weight is 364 g/mol. The molecule has 140 valence electrons. The van der Waals surface area contributed by atoms with E-state index < -0.39 is 12.1 Å². The van der Waals surface area contributed by atoms with E-state index in [0.717, 1.165) is 22.0 Å². The molecule has 1 aromatic heterocycles. The summed E-state index contributed by atoms with van der Waals surface area (Å²) in [6, 6.07) is 15.3. The van der Waals surface area contributed by atoms with Gasteiger partial charge in [-0.05, 0) is 18.6 Å². The molecule has 27 heavy (non-hydrogen) atoms. The number of H-pyrrole nitrogens is 1. The van der Waals surface area contributed by atoms with Gasteiger partial charge in [-0.15, -0.1) is 0 Å². The molecule has 3 aromatic rings. The number of aromatic amines is 1. The fraction of sp³-hybridized carbons (Fsp3) is 0.318. The number of hydrogen-bond acceptors (Lipinski definition) is 4. The predicted molar refractivity (Wildman–Crippen MR) is 105 cm³/mol. The van der Waals surface area contributed by atoms with Crippen LogP contribution in [0.3, 0.4) is 0 Å². The summed E-state index contributed by atoms with van der Waals surface area (Å²) in [5.74, 6) is -0.260. The summed E-state index contributed by atoms with van der Waals surface area (Å²) in [4.78, 5) is 18.5. The Labute approximate surface area is 158 Å². The van der Waals surface area contributed by atoms with E-state index in [4.69, 9.17) is 4.74 Å². The van der Waals surface area contributed by atoms with Gasteiger partial charge in [-0.1, -0.05) is 48.0 Å². The Morgan fingerprint density at radius 2 is 1.81 bits per heavy atom. The third kappa shape index (κ3) is 3.54. The molecule has 0 saturated carbocycles. The maximum Gasteiger partial charge on any atom is 0.195 e. The number of fused-ring (bicyclic) bond motifs is 1. The molecule has 2 aromatic carbocycles. The van der Waals surface area contributed by atoms with Crippen LogP contribution in [-0.2, 0) is 4.74 Å². The van der Waals surface area contributed by atoms with Crippen molar-refractivity contribution in [2.75, 3.05) is 26.3 Å². The van der Waals surface area contributed by atoms with Gasteiger partial charge in [-0.3, -0.25) is 9.69 Å². The first-order valence-corrected chi connectivity index (χ1v) is 9.32. The molecule has 0 spiro atoms. The summed E-state index contributed by atoms with van der Waals surface area (Å²) >= 11 is 0. The highest BCUT2D eigenvalue weighted by Crippen LogP contribution is 2.29. The van der Waals surface area contributed by atoms with Crippen molar-refractivity contribution in [3.05, 3.63) is 71.4 Å². The number of morpholine rings is 1. The van der Waals surface area contributed by atoms with E-state index in [-0.39, 0.29) is 5.78 Å². The highest BCUT2D eigenvalue weighted by atomic mass is 16.5. The van der Waals surface area contributed by atoms with Crippen molar-refractivity contribution in [3.8, 4) is 0 Å². The van der Waals surface area contributed by atoms with Gasteiger partial charge in [-0.2, -0.15) is 0 Å². The Morgan fingerprint density at radius 1 is 1.11 bits per heavy atom. The van der Waals surface area contributed by atoms with E-state index in [0.29, 0.717) is 31.9 Å². The van der Waals surface area contributed by atoms with Crippen molar-refractivity contribution in [1.29, 1.82) is 0 Å². The fourth-order valence-corrected chi connectivity index (χ4v) is 3.79. The summed E-state index contributed by atoms with van der Waals surface area (Å²) in [6.45, 7) is 4.63. The zero-order chi connectivity index (χ0) is 18.8. The molecule has 0 unspecified atom stereocenters. The number of aromatic nitrogens is 1. The van der Waals surface area contributed by atoms with E-state index in [1.165, 1.54) is 0 Å². The maximum absolute atomic E-state index is 13.2. The molecular weight excluding hydrogens is 340 g/mol. The van der Waals surface area contributed by atoms with Crippen LogP contribution in [0.25, 0.3) is 10.9 Å². The second kappa shape index (κ2) is 7.64. The minimum atomic E-state index is -1.15. The lowest BCUT2D eigenvalue weighted by Crippen LogP contribution is -2.46.